The molecule has 0 aliphatic rings. The van der Waals surface area contributed by atoms with E-state index in [4.69, 9.17) is 5.26 Å². The third-order valence-electron chi connectivity index (χ3n) is 1.40. The smallest absolute Gasteiger partial charge is 0.280 e. The Morgan fingerprint density at radius 2 is 2.23 bits per heavy atom. The van der Waals surface area contributed by atoms with Crippen molar-refractivity contribution in [2.24, 2.45) is 0 Å². The standard InChI is InChI=1S/C8H4F2N2O/c9-8(10)6-2-1-5(4-13)7(3-11)12-6/h1-2,4,8H. The van der Waals surface area contributed by atoms with Gasteiger partial charge in [-0.3, -0.25) is 4.79 Å². The number of carbonyl (C=O) groups excluding carboxylic acids is 1. The Hall–Kier alpha value is -1.83. The van der Waals surface area contributed by atoms with Gasteiger partial charge in [0.25, 0.3) is 6.43 Å². The average Bonchev–Trinajstić information content (AvgIpc) is 2.16. The largest absolute Gasteiger partial charge is 0.298 e. The molecule has 0 amide bonds. The third-order valence-corrected chi connectivity index (χ3v) is 1.40. The van der Waals surface area contributed by atoms with Crippen molar-refractivity contribution in [3.63, 3.8) is 0 Å². The van der Waals surface area contributed by atoms with Crippen LogP contribution in [0.1, 0.15) is 28.2 Å². The summed E-state index contributed by atoms with van der Waals surface area (Å²) in [5.41, 5.74) is -0.748. The second-order valence-electron chi connectivity index (χ2n) is 2.20. The molecule has 66 valence electrons. The zero-order valence-electron chi connectivity index (χ0n) is 6.37. The molecule has 13 heavy (non-hydrogen) atoms. The van der Waals surface area contributed by atoms with Gasteiger partial charge in [-0.25, -0.2) is 13.8 Å². The van der Waals surface area contributed by atoms with Gasteiger partial charge in [0.05, 0.1) is 5.56 Å². The molecule has 0 radical (unpaired) electrons. The lowest BCUT2D eigenvalue weighted by Gasteiger charge is -1.99. The van der Waals surface area contributed by atoms with Crippen LogP contribution >= 0.6 is 0 Å². The van der Waals surface area contributed by atoms with Crippen LogP contribution in [0.2, 0.25) is 0 Å². The first-order valence-corrected chi connectivity index (χ1v) is 3.33. The Morgan fingerprint density at radius 3 is 2.69 bits per heavy atom. The molecule has 1 aromatic heterocycles. The molecule has 1 aromatic rings. The van der Waals surface area contributed by atoms with Crippen molar-refractivity contribution in [2.45, 2.75) is 6.43 Å². The highest BCUT2D eigenvalue weighted by Crippen LogP contribution is 2.17. The van der Waals surface area contributed by atoms with Crippen LogP contribution in [0.25, 0.3) is 0 Å². The summed E-state index contributed by atoms with van der Waals surface area (Å²) in [5, 5.41) is 8.44. The van der Waals surface area contributed by atoms with Gasteiger partial charge in [-0.05, 0) is 12.1 Å². The Balaban J connectivity index is 3.23. The molecule has 0 aliphatic heterocycles. The molecule has 0 unspecified atom stereocenters. The molecule has 0 aromatic carbocycles. The van der Waals surface area contributed by atoms with Gasteiger partial charge in [0, 0.05) is 0 Å². The molecule has 0 aliphatic carbocycles. The van der Waals surface area contributed by atoms with Gasteiger partial charge in [-0.1, -0.05) is 0 Å². The van der Waals surface area contributed by atoms with Crippen molar-refractivity contribution in [3.05, 3.63) is 29.1 Å². The second kappa shape index (κ2) is 3.72. The molecular weight excluding hydrogens is 178 g/mol. The third kappa shape index (κ3) is 1.85. The molecule has 0 atom stereocenters. The number of carbonyl (C=O) groups is 1. The normalized spacial score (nSPS) is 9.69. The molecule has 5 heteroatoms. The summed E-state index contributed by atoms with van der Waals surface area (Å²) in [7, 11) is 0. The van der Waals surface area contributed by atoms with Gasteiger partial charge in [-0.2, -0.15) is 5.26 Å². The molecule has 0 N–H and O–H groups in total. The number of aromatic nitrogens is 1. The first-order valence-electron chi connectivity index (χ1n) is 3.33. The van der Waals surface area contributed by atoms with Gasteiger partial charge in [0.1, 0.15) is 11.8 Å². The summed E-state index contributed by atoms with van der Waals surface area (Å²) >= 11 is 0. The highest BCUT2D eigenvalue weighted by Gasteiger charge is 2.11. The van der Waals surface area contributed by atoms with Gasteiger partial charge in [0.2, 0.25) is 0 Å². The molecule has 3 nitrogen and oxygen atoms in total. The fraction of sp³-hybridized carbons (Fsp3) is 0.125. The molecule has 0 fully saturated rings. The van der Waals surface area contributed by atoms with E-state index in [2.05, 4.69) is 4.98 Å². The Kier molecular flexibility index (Phi) is 2.65. The summed E-state index contributed by atoms with van der Waals surface area (Å²) in [6, 6.07) is 3.74. The van der Waals surface area contributed by atoms with Gasteiger partial charge < -0.3 is 0 Å². The van der Waals surface area contributed by atoms with E-state index in [9.17, 15) is 13.6 Å². The highest BCUT2D eigenvalue weighted by molar-refractivity contribution is 5.77. The molecule has 1 rings (SSSR count). The van der Waals surface area contributed by atoms with Gasteiger partial charge in [0.15, 0.2) is 12.0 Å². The van der Waals surface area contributed by atoms with Crippen LogP contribution in [0.3, 0.4) is 0 Å². The van der Waals surface area contributed by atoms with Crippen LogP contribution in [-0.4, -0.2) is 11.3 Å². The van der Waals surface area contributed by atoms with E-state index in [1.54, 1.807) is 6.07 Å². The second-order valence-corrected chi connectivity index (χ2v) is 2.20. The van der Waals surface area contributed by atoms with Crippen LogP contribution in [-0.2, 0) is 0 Å². The maximum Gasteiger partial charge on any atom is 0.280 e. The quantitative estimate of drug-likeness (QED) is 0.654. The van der Waals surface area contributed by atoms with Crippen LogP contribution in [0.15, 0.2) is 12.1 Å². The number of rotatable bonds is 2. The number of aldehydes is 1. The minimum atomic E-state index is -2.73. The zero-order valence-corrected chi connectivity index (χ0v) is 6.37. The number of nitrogens with zero attached hydrogens (tertiary/aromatic N) is 2. The van der Waals surface area contributed by atoms with E-state index in [-0.39, 0.29) is 11.3 Å². The van der Waals surface area contributed by atoms with E-state index < -0.39 is 12.1 Å². The molecule has 0 saturated heterocycles. The van der Waals surface area contributed by atoms with Crippen molar-refractivity contribution in [1.29, 1.82) is 5.26 Å². The number of pyridine rings is 1. The van der Waals surface area contributed by atoms with Crippen molar-refractivity contribution >= 4 is 6.29 Å². The summed E-state index contributed by atoms with van der Waals surface area (Å²) in [4.78, 5) is 13.6. The minimum Gasteiger partial charge on any atom is -0.298 e. The fourth-order valence-electron chi connectivity index (χ4n) is 0.791. The van der Waals surface area contributed by atoms with Crippen molar-refractivity contribution < 1.29 is 13.6 Å². The number of nitriles is 1. The van der Waals surface area contributed by atoms with Crippen molar-refractivity contribution in [3.8, 4) is 6.07 Å². The average molecular weight is 182 g/mol. The topological polar surface area (TPSA) is 53.8 Å². The lowest BCUT2D eigenvalue weighted by atomic mass is 10.2. The van der Waals surface area contributed by atoms with Crippen molar-refractivity contribution in [1.82, 2.24) is 4.98 Å². The first kappa shape index (κ1) is 9.26. The minimum absolute atomic E-state index is 0.0203. The maximum atomic E-state index is 12.1. The lowest BCUT2D eigenvalue weighted by Crippen LogP contribution is -1.97. The SMILES string of the molecule is N#Cc1nc(C(F)F)ccc1C=O. The van der Waals surface area contributed by atoms with Crippen molar-refractivity contribution in [2.75, 3.05) is 0 Å². The van der Waals surface area contributed by atoms with Crippen LogP contribution in [0, 0.1) is 11.3 Å². The van der Waals surface area contributed by atoms with Gasteiger partial charge in [-0.15, -0.1) is 0 Å². The molecule has 1 heterocycles. The number of alkyl halides is 2. The first-order chi connectivity index (χ1) is 6.19. The van der Waals surface area contributed by atoms with E-state index in [0.717, 1.165) is 12.1 Å². The van der Waals surface area contributed by atoms with E-state index in [0.29, 0.717) is 6.29 Å². The number of hydrogen-bond acceptors (Lipinski definition) is 3. The Morgan fingerprint density at radius 1 is 1.54 bits per heavy atom. The summed E-state index contributed by atoms with van der Waals surface area (Å²) in [6.45, 7) is 0. The van der Waals surface area contributed by atoms with Gasteiger partial charge >= 0.3 is 0 Å². The number of halogens is 2. The fourth-order valence-corrected chi connectivity index (χ4v) is 0.791. The monoisotopic (exact) mass is 182 g/mol. The van der Waals surface area contributed by atoms with E-state index in [1.165, 1.54) is 0 Å². The number of hydrogen-bond donors (Lipinski definition) is 0. The van der Waals surface area contributed by atoms with E-state index >= 15 is 0 Å². The van der Waals surface area contributed by atoms with Crippen LogP contribution < -0.4 is 0 Å². The molecular formula is C8H4F2N2O. The molecule has 0 bridgehead atoms. The highest BCUT2D eigenvalue weighted by atomic mass is 19.3. The predicted molar refractivity (Wildman–Crippen MR) is 39.3 cm³/mol. The predicted octanol–water partition coefficient (Wildman–Crippen LogP) is 1.70. The van der Waals surface area contributed by atoms with E-state index in [1.807, 2.05) is 0 Å². The summed E-state index contributed by atoms with van der Waals surface area (Å²) < 4.78 is 24.1. The Bertz CT molecular complexity index is 371. The molecule has 0 spiro atoms. The van der Waals surface area contributed by atoms with Crippen LogP contribution in [0.4, 0.5) is 8.78 Å². The summed E-state index contributed by atoms with van der Waals surface area (Å²) in [6.07, 6.45) is -2.33. The maximum absolute atomic E-state index is 12.1. The van der Waals surface area contributed by atoms with Crippen LogP contribution in [0.5, 0.6) is 0 Å². The molecule has 0 saturated carbocycles. The Labute approximate surface area is 72.6 Å². The lowest BCUT2D eigenvalue weighted by molar-refractivity contribution is 0.112. The summed E-state index contributed by atoms with van der Waals surface area (Å²) in [5.74, 6) is 0. The zero-order chi connectivity index (χ0) is 9.84.